The van der Waals surface area contributed by atoms with Gasteiger partial charge in [0, 0.05) is 5.56 Å². The fraction of sp³-hybridized carbons (Fsp3) is 0.480. The molecular weight excluding hydrogens is 384 g/mol. The molecule has 1 aromatic heterocycles. The van der Waals surface area contributed by atoms with Gasteiger partial charge in [-0.25, -0.2) is 4.68 Å². The second-order valence-electron chi connectivity index (χ2n) is 9.32. The summed E-state index contributed by atoms with van der Waals surface area (Å²) in [5.41, 5.74) is 3.83. The van der Waals surface area contributed by atoms with Crippen molar-refractivity contribution >= 4 is 0 Å². The van der Waals surface area contributed by atoms with Crippen LogP contribution in [0.1, 0.15) is 54.2 Å². The lowest BCUT2D eigenvalue weighted by molar-refractivity contribution is -1.03. The third-order valence-corrected chi connectivity index (χ3v) is 7.28. The van der Waals surface area contributed by atoms with E-state index in [1.54, 1.807) is 4.90 Å². The number of rotatable bonds is 6. The fourth-order valence-electron chi connectivity index (χ4n) is 5.54. The number of aryl methyl sites for hydroxylation is 1. The van der Waals surface area contributed by atoms with Crippen molar-refractivity contribution in [3.05, 3.63) is 77.1 Å². The molecule has 1 aliphatic carbocycles. The molecule has 6 nitrogen and oxygen atoms in total. The summed E-state index contributed by atoms with van der Waals surface area (Å²) >= 11 is 0. The largest absolute Gasteiger partial charge is 0.323 e. The van der Waals surface area contributed by atoms with Crippen LogP contribution in [0, 0.1) is 6.92 Å². The molecule has 0 bridgehead atoms. The van der Waals surface area contributed by atoms with E-state index in [0.29, 0.717) is 6.54 Å². The third-order valence-electron chi connectivity index (χ3n) is 7.28. The van der Waals surface area contributed by atoms with E-state index in [-0.39, 0.29) is 6.04 Å². The van der Waals surface area contributed by atoms with Crippen molar-refractivity contribution in [3.63, 3.8) is 0 Å². The Hall–Kier alpha value is -2.57. The summed E-state index contributed by atoms with van der Waals surface area (Å²) in [5, 5.41) is 13.0. The van der Waals surface area contributed by atoms with Crippen LogP contribution in [-0.4, -0.2) is 52.4 Å². The van der Waals surface area contributed by atoms with Gasteiger partial charge < -0.3 is 9.80 Å². The van der Waals surface area contributed by atoms with Crippen molar-refractivity contribution in [2.75, 3.05) is 26.2 Å². The molecule has 162 valence electrons. The first-order valence-electron chi connectivity index (χ1n) is 11.8. The van der Waals surface area contributed by atoms with Crippen molar-refractivity contribution in [2.24, 2.45) is 0 Å². The molecule has 1 aliphatic heterocycles. The zero-order valence-corrected chi connectivity index (χ0v) is 18.5. The minimum absolute atomic E-state index is 0.171. The summed E-state index contributed by atoms with van der Waals surface area (Å²) < 4.78 is 2.00. The molecule has 1 saturated carbocycles. The number of hydrogen-bond donors (Lipinski definition) is 2. The normalized spacial score (nSPS) is 23.1. The van der Waals surface area contributed by atoms with Crippen molar-refractivity contribution in [3.8, 4) is 0 Å². The number of hydrogen-bond acceptors (Lipinski definition) is 3. The molecule has 1 saturated heterocycles. The molecule has 3 aromatic rings. The molecule has 1 atom stereocenters. The van der Waals surface area contributed by atoms with E-state index < -0.39 is 0 Å². The SMILES string of the molecule is Cc1ccc([C@@H](c2nnnn2Cc2ccccc2)[NH+]2CC[NH+](C3CCCC3)CC2)cc1. The Kier molecular flexibility index (Phi) is 6.09. The molecule has 2 heterocycles. The van der Waals surface area contributed by atoms with Crippen LogP contribution < -0.4 is 9.80 Å². The quantitative estimate of drug-likeness (QED) is 0.624. The number of benzene rings is 2. The Morgan fingerprint density at radius 2 is 1.65 bits per heavy atom. The second-order valence-corrected chi connectivity index (χ2v) is 9.32. The zero-order chi connectivity index (χ0) is 21.0. The molecule has 0 unspecified atom stereocenters. The summed E-state index contributed by atoms with van der Waals surface area (Å²) in [6.07, 6.45) is 5.68. The fourth-order valence-corrected chi connectivity index (χ4v) is 5.54. The summed E-state index contributed by atoms with van der Waals surface area (Å²) in [6.45, 7) is 7.70. The molecule has 2 N–H and O–H groups in total. The Bertz CT molecular complexity index is 953. The van der Waals surface area contributed by atoms with Crippen LogP contribution in [-0.2, 0) is 6.54 Å². The predicted molar refractivity (Wildman–Crippen MR) is 120 cm³/mol. The highest BCUT2D eigenvalue weighted by Crippen LogP contribution is 2.19. The third kappa shape index (κ3) is 4.55. The molecule has 0 amide bonds. The van der Waals surface area contributed by atoms with Gasteiger partial charge in [0.15, 0.2) is 6.04 Å². The van der Waals surface area contributed by atoms with Crippen LogP contribution in [0.5, 0.6) is 0 Å². The highest BCUT2D eigenvalue weighted by atomic mass is 15.6. The number of nitrogens with one attached hydrogen (secondary N) is 2. The van der Waals surface area contributed by atoms with Crippen LogP contribution >= 0.6 is 0 Å². The molecule has 0 radical (unpaired) electrons. The molecule has 0 spiro atoms. The molecule has 2 aromatic carbocycles. The van der Waals surface area contributed by atoms with Crippen molar-refractivity contribution in [2.45, 2.75) is 51.2 Å². The van der Waals surface area contributed by atoms with Gasteiger partial charge in [-0.3, -0.25) is 0 Å². The monoisotopic (exact) mass is 418 g/mol. The maximum Gasteiger partial charge on any atom is 0.214 e. The Labute approximate surface area is 184 Å². The summed E-state index contributed by atoms with van der Waals surface area (Å²) in [5.74, 6) is 0.979. The second kappa shape index (κ2) is 9.28. The van der Waals surface area contributed by atoms with Crippen LogP contribution in [0.3, 0.4) is 0 Å². The van der Waals surface area contributed by atoms with Gasteiger partial charge in [0.1, 0.15) is 26.2 Å². The lowest BCUT2D eigenvalue weighted by Gasteiger charge is -2.36. The summed E-state index contributed by atoms with van der Waals surface area (Å²) in [6, 6.07) is 20.5. The van der Waals surface area contributed by atoms with Gasteiger partial charge in [0.05, 0.1) is 12.6 Å². The number of tetrazole rings is 1. The van der Waals surface area contributed by atoms with E-state index in [0.717, 1.165) is 11.9 Å². The van der Waals surface area contributed by atoms with Crippen LogP contribution in [0.2, 0.25) is 0 Å². The van der Waals surface area contributed by atoms with Crippen LogP contribution in [0.15, 0.2) is 54.6 Å². The molecule has 5 rings (SSSR count). The van der Waals surface area contributed by atoms with Gasteiger partial charge in [0.2, 0.25) is 5.82 Å². The average Bonchev–Trinajstić information content (AvgIpc) is 3.50. The van der Waals surface area contributed by atoms with Crippen molar-refractivity contribution in [1.29, 1.82) is 0 Å². The first kappa shape index (κ1) is 20.3. The van der Waals surface area contributed by atoms with Crippen molar-refractivity contribution < 1.29 is 9.80 Å². The molecule has 31 heavy (non-hydrogen) atoms. The van der Waals surface area contributed by atoms with E-state index >= 15 is 0 Å². The van der Waals surface area contributed by atoms with Gasteiger partial charge in [-0.15, -0.1) is 5.10 Å². The van der Waals surface area contributed by atoms with E-state index in [1.165, 1.54) is 68.6 Å². The summed E-state index contributed by atoms with van der Waals surface area (Å²) in [7, 11) is 0. The van der Waals surface area contributed by atoms with E-state index in [9.17, 15) is 0 Å². The van der Waals surface area contributed by atoms with Gasteiger partial charge >= 0.3 is 0 Å². The lowest BCUT2D eigenvalue weighted by Crippen LogP contribution is -3.29. The van der Waals surface area contributed by atoms with E-state index in [2.05, 4.69) is 77.0 Å². The zero-order valence-electron chi connectivity index (χ0n) is 18.5. The van der Waals surface area contributed by atoms with Crippen LogP contribution in [0.4, 0.5) is 0 Å². The highest BCUT2D eigenvalue weighted by molar-refractivity contribution is 5.26. The van der Waals surface area contributed by atoms with Gasteiger partial charge in [-0.2, -0.15) is 0 Å². The summed E-state index contributed by atoms with van der Waals surface area (Å²) in [4.78, 5) is 3.42. The maximum atomic E-state index is 4.56. The number of piperazine rings is 1. The first-order chi connectivity index (χ1) is 15.3. The van der Waals surface area contributed by atoms with E-state index in [4.69, 9.17) is 0 Å². The number of quaternary nitrogens is 2. The van der Waals surface area contributed by atoms with Crippen LogP contribution in [0.25, 0.3) is 0 Å². The molecule has 6 heteroatoms. The Morgan fingerprint density at radius 1 is 0.935 bits per heavy atom. The van der Waals surface area contributed by atoms with Gasteiger partial charge in [-0.05, 0) is 48.6 Å². The molecule has 2 fully saturated rings. The average molecular weight is 419 g/mol. The lowest BCUT2D eigenvalue weighted by atomic mass is 10.0. The first-order valence-corrected chi connectivity index (χ1v) is 11.8. The minimum atomic E-state index is 0.171. The topological polar surface area (TPSA) is 52.5 Å². The van der Waals surface area contributed by atoms with E-state index in [1.807, 2.05) is 9.58 Å². The Balaban J connectivity index is 1.41. The van der Waals surface area contributed by atoms with Crippen molar-refractivity contribution in [1.82, 2.24) is 20.2 Å². The van der Waals surface area contributed by atoms with Gasteiger partial charge in [0.25, 0.3) is 0 Å². The number of aromatic nitrogens is 4. The predicted octanol–water partition coefficient (Wildman–Crippen LogP) is 0.845. The Morgan fingerprint density at radius 3 is 2.35 bits per heavy atom. The molecular formula is C25H34N6+2. The van der Waals surface area contributed by atoms with Gasteiger partial charge in [-0.1, -0.05) is 60.2 Å². The maximum absolute atomic E-state index is 4.56. The number of nitrogens with zero attached hydrogens (tertiary/aromatic N) is 4. The molecule has 2 aliphatic rings. The highest BCUT2D eigenvalue weighted by Gasteiger charge is 2.38. The smallest absolute Gasteiger partial charge is 0.214 e. The minimum Gasteiger partial charge on any atom is -0.323 e. The standard InChI is InChI=1S/C25H32N6/c1-20-11-13-22(14-12-20)24(30-17-15-29(16-18-30)23-9-5-6-10-23)25-26-27-28-31(25)19-21-7-3-2-4-8-21/h2-4,7-8,11-14,23-24H,5-6,9-10,15-19H2,1H3/p+2/t24-/m0/s1.